The van der Waals surface area contributed by atoms with Crippen molar-refractivity contribution in [2.45, 2.75) is 39.7 Å². The van der Waals surface area contributed by atoms with Crippen molar-refractivity contribution in [1.82, 2.24) is 0 Å². The lowest BCUT2D eigenvalue weighted by atomic mass is 9.96. The summed E-state index contributed by atoms with van der Waals surface area (Å²) < 4.78 is 0. The molecule has 0 radical (unpaired) electrons. The number of quaternary nitrogens is 1. The van der Waals surface area contributed by atoms with Crippen LogP contribution >= 0.6 is 0 Å². The van der Waals surface area contributed by atoms with Crippen LogP contribution in [0, 0.1) is 5.92 Å². The average Bonchev–Trinajstić information content (AvgIpc) is 2.18. The van der Waals surface area contributed by atoms with Gasteiger partial charge in [-0.05, 0) is 12.0 Å². The topological polar surface area (TPSA) is 27.6 Å². The molecule has 78 valence electrons. The fourth-order valence-electron chi connectivity index (χ4n) is 1.61. The molecule has 1 heteroatoms. The van der Waals surface area contributed by atoms with Crippen molar-refractivity contribution in [3.63, 3.8) is 0 Å². The van der Waals surface area contributed by atoms with Crippen LogP contribution in [0.3, 0.4) is 0 Å². The molecule has 0 spiro atoms. The van der Waals surface area contributed by atoms with Gasteiger partial charge in [0.15, 0.2) is 0 Å². The van der Waals surface area contributed by atoms with Crippen molar-refractivity contribution in [3.05, 3.63) is 35.4 Å². The molecule has 3 N–H and O–H groups in total. The van der Waals surface area contributed by atoms with Crippen molar-refractivity contribution in [2.24, 2.45) is 5.92 Å². The summed E-state index contributed by atoms with van der Waals surface area (Å²) in [6, 6.07) is 9.34. The van der Waals surface area contributed by atoms with E-state index in [9.17, 15) is 0 Å². The summed E-state index contributed by atoms with van der Waals surface area (Å²) in [5.74, 6) is 0.618. The molecule has 0 heterocycles. The largest absolute Gasteiger partial charge is 0.351 e. The van der Waals surface area contributed by atoms with Crippen LogP contribution in [0.2, 0.25) is 0 Å². The second kappa shape index (κ2) is 5.16. The minimum atomic E-state index is 0.422. The van der Waals surface area contributed by atoms with E-state index in [4.69, 9.17) is 0 Å². The first-order chi connectivity index (χ1) is 6.65. The van der Waals surface area contributed by atoms with Gasteiger partial charge in [0.2, 0.25) is 0 Å². The van der Waals surface area contributed by atoms with E-state index < -0.39 is 0 Å². The first-order valence-corrected chi connectivity index (χ1v) is 5.57. The normalized spacial score (nSPS) is 13.2. The molecule has 0 unspecified atom stereocenters. The molecule has 0 aliphatic rings. The van der Waals surface area contributed by atoms with Gasteiger partial charge in [-0.2, -0.15) is 0 Å². The lowest BCUT2D eigenvalue weighted by Crippen LogP contribution is -2.55. The summed E-state index contributed by atoms with van der Waals surface area (Å²) in [6.45, 7) is 6.65. The second-order valence-corrected chi connectivity index (χ2v) is 4.34. The lowest BCUT2D eigenvalue weighted by Gasteiger charge is -2.12. The van der Waals surface area contributed by atoms with Crippen LogP contribution in [0.25, 0.3) is 0 Å². The molecular weight excluding hydrogens is 170 g/mol. The van der Waals surface area contributed by atoms with Gasteiger partial charge < -0.3 is 5.73 Å². The van der Waals surface area contributed by atoms with Crippen LogP contribution in [-0.2, 0) is 6.42 Å². The summed E-state index contributed by atoms with van der Waals surface area (Å²) in [5.41, 5.74) is 6.98. The maximum atomic E-state index is 4.18. The third kappa shape index (κ3) is 2.85. The van der Waals surface area contributed by atoms with Crippen molar-refractivity contribution in [2.75, 3.05) is 0 Å². The molecule has 1 aromatic carbocycles. The molecule has 14 heavy (non-hydrogen) atoms. The van der Waals surface area contributed by atoms with Crippen molar-refractivity contribution in [3.8, 4) is 0 Å². The summed E-state index contributed by atoms with van der Waals surface area (Å²) in [7, 11) is 0. The van der Waals surface area contributed by atoms with Gasteiger partial charge in [0, 0.05) is 11.5 Å². The van der Waals surface area contributed by atoms with E-state index in [1.54, 1.807) is 0 Å². The van der Waals surface area contributed by atoms with Gasteiger partial charge in [-0.1, -0.05) is 51.5 Å². The minimum absolute atomic E-state index is 0.422. The summed E-state index contributed by atoms with van der Waals surface area (Å²) >= 11 is 0. The first-order valence-electron chi connectivity index (χ1n) is 5.57. The Balaban J connectivity index is 2.72. The SMILES string of the molecule is CCCc1ccc([C@H]([NH3+])C(C)C)cc1. The number of rotatable bonds is 4. The smallest absolute Gasteiger partial charge is 0.112 e. The molecule has 0 aliphatic heterocycles. The fourth-order valence-corrected chi connectivity index (χ4v) is 1.61. The highest BCUT2D eigenvalue weighted by Crippen LogP contribution is 2.17. The maximum Gasteiger partial charge on any atom is 0.112 e. The van der Waals surface area contributed by atoms with Gasteiger partial charge in [-0.15, -0.1) is 0 Å². The quantitative estimate of drug-likeness (QED) is 0.759. The van der Waals surface area contributed by atoms with Crippen LogP contribution < -0.4 is 5.73 Å². The number of aryl methyl sites for hydroxylation is 1. The predicted molar refractivity (Wildman–Crippen MR) is 60.9 cm³/mol. The van der Waals surface area contributed by atoms with Crippen molar-refractivity contribution < 1.29 is 5.73 Å². The maximum absolute atomic E-state index is 4.18. The van der Waals surface area contributed by atoms with E-state index in [1.807, 2.05) is 0 Å². The zero-order chi connectivity index (χ0) is 10.6. The molecule has 0 amide bonds. The molecule has 1 nitrogen and oxygen atoms in total. The fraction of sp³-hybridized carbons (Fsp3) is 0.538. The van der Waals surface area contributed by atoms with Crippen LogP contribution in [0.1, 0.15) is 44.4 Å². The highest BCUT2D eigenvalue weighted by Gasteiger charge is 2.13. The Morgan fingerprint density at radius 3 is 2.14 bits per heavy atom. The van der Waals surface area contributed by atoms with E-state index in [2.05, 4.69) is 50.8 Å². The summed E-state index contributed by atoms with van der Waals surface area (Å²) in [5, 5.41) is 0. The van der Waals surface area contributed by atoms with Crippen molar-refractivity contribution in [1.29, 1.82) is 0 Å². The standard InChI is InChI=1S/C13H21N/c1-4-5-11-6-8-12(9-7-11)13(14)10(2)3/h6-10,13H,4-5,14H2,1-3H3/p+1/t13-/m1/s1. The van der Waals surface area contributed by atoms with Crippen molar-refractivity contribution >= 4 is 0 Å². The number of benzene rings is 1. The zero-order valence-corrected chi connectivity index (χ0v) is 9.59. The van der Waals surface area contributed by atoms with Gasteiger partial charge >= 0.3 is 0 Å². The zero-order valence-electron chi connectivity index (χ0n) is 9.59. The van der Waals surface area contributed by atoms with E-state index in [-0.39, 0.29) is 0 Å². The van der Waals surface area contributed by atoms with Gasteiger partial charge in [-0.25, -0.2) is 0 Å². The molecule has 0 saturated carbocycles. The molecule has 1 rings (SSSR count). The van der Waals surface area contributed by atoms with E-state index in [0.29, 0.717) is 12.0 Å². The van der Waals surface area contributed by atoms with E-state index >= 15 is 0 Å². The number of hydrogen-bond donors (Lipinski definition) is 1. The Kier molecular flexibility index (Phi) is 4.15. The Hall–Kier alpha value is -0.820. The second-order valence-electron chi connectivity index (χ2n) is 4.34. The van der Waals surface area contributed by atoms with E-state index in [1.165, 1.54) is 24.0 Å². The predicted octanol–water partition coefficient (Wildman–Crippen LogP) is 2.58. The third-order valence-corrected chi connectivity index (χ3v) is 2.75. The Morgan fingerprint density at radius 2 is 1.71 bits per heavy atom. The Morgan fingerprint density at radius 1 is 1.14 bits per heavy atom. The molecule has 0 aromatic heterocycles. The highest BCUT2D eigenvalue weighted by atomic mass is 14.6. The molecule has 0 fully saturated rings. The number of hydrogen-bond acceptors (Lipinski definition) is 0. The monoisotopic (exact) mass is 192 g/mol. The molecular formula is C13H22N+. The Labute approximate surface area is 87.3 Å². The molecule has 0 saturated heterocycles. The van der Waals surface area contributed by atoms with Gasteiger partial charge in [0.25, 0.3) is 0 Å². The summed E-state index contributed by atoms with van der Waals surface area (Å²) in [4.78, 5) is 0. The van der Waals surface area contributed by atoms with Crippen LogP contribution in [-0.4, -0.2) is 0 Å². The van der Waals surface area contributed by atoms with E-state index in [0.717, 1.165) is 0 Å². The molecule has 1 aromatic rings. The summed E-state index contributed by atoms with van der Waals surface area (Å²) in [6.07, 6.45) is 2.40. The average molecular weight is 192 g/mol. The first kappa shape index (κ1) is 11.3. The van der Waals surface area contributed by atoms with Crippen LogP contribution in [0.4, 0.5) is 0 Å². The lowest BCUT2D eigenvalue weighted by molar-refractivity contribution is -0.438. The van der Waals surface area contributed by atoms with Crippen LogP contribution in [0.5, 0.6) is 0 Å². The molecule has 0 aliphatic carbocycles. The Bertz CT molecular complexity index is 261. The van der Waals surface area contributed by atoms with Gasteiger partial charge in [0.05, 0.1) is 0 Å². The van der Waals surface area contributed by atoms with Gasteiger partial charge in [-0.3, -0.25) is 0 Å². The highest BCUT2D eigenvalue weighted by molar-refractivity contribution is 5.24. The third-order valence-electron chi connectivity index (χ3n) is 2.75. The van der Waals surface area contributed by atoms with Gasteiger partial charge in [0.1, 0.15) is 6.04 Å². The van der Waals surface area contributed by atoms with Crippen LogP contribution in [0.15, 0.2) is 24.3 Å². The molecule has 1 atom stereocenters. The molecule has 0 bridgehead atoms. The minimum Gasteiger partial charge on any atom is -0.351 e.